The minimum atomic E-state index is -0.467. The van der Waals surface area contributed by atoms with Gasteiger partial charge in [0.2, 0.25) is 0 Å². The van der Waals surface area contributed by atoms with Gasteiger partial charge in [-0.15, -0.1) is 0 Å². The third-order valence-electron chi connectivity index (χ3n) is 2.06. The fourth-order valence-electron chi connectivity index (χ4n) is 1.20. The molecule has 2 atom stereocenters. The molecule has 0 aromatic heterocycles. The molecular weight excluding hydrogens is 206 g/mol. The Morgan fingerprint density at radius 3 is 2.38 bits per heavy atom. The summed E-state index contributed by atoms with van der Waals surface area (Å²) in [4.78, 5) is 0. The summed E-state index contributed by atoms with van der Waals surface area (Å²) in [6, 6.07) is 0. The van der Waals surface area contributed by atoms with Gasteiger partial charge < -0.3 is 20.3 Å². The molecule has 4 heteroatoms. The highest BCUT2D eigenvalue weighted by molar-refractivity contribution is 4.64. The van der Waals surface area contributed by atoms with Crippen LogP contribution in [0.15, 0.2) is 0 Å². The number of hydrogen-bond donors (Lipinski definition) is 3. The van der Waals surface area contributed by atoms with E-state index in [-0.39, 0.29) is 11.7 Å². The molecule has 0 heterocycles. The van der Waals surface area contributed by atoms with Gasteiger partial charge in [0.15, 0.2) is 0 Å². The quantitative estimate of drug-likeness (QED) is 0.545. The van der Waals surface area contributed by atoms with Crippen LogP contribution in [0.4, 0.5) is 0 Å². The molecule has 0 saturated carbocycles. The first-order valence-electron chi connectivity index (χ1n) is 6.02. The number of rotatable bonds is 8. The molecule has 0 aliphatic rings. The zero-order chi connectivity index (χ0) is 12.6. The van der Waals surface area contributed by atoms with Crippen LogP contribution in [0.25, 0.3) is 0 Å². The van der Waals surface area contributed by atoms with Crippen molar-refractivity contribution in [1.29, 1.82) is 0 Å². The van der Waals surface area contributed by atoms with Crippen LogP contribution in [0.1, 0.15) is 40.5 Å². The summed E-state index contributed by atoms with van der Waals surface area (Å²) in [6.45, 7) is 9.40. The molecule has 2 unspecified atom stereocenters. The predicted octanol–water partition coefficient (Wildman–Crippen LogP) is 0.913. The first-order valence-corrected chi connectivity index (χ1v) is 6.02. The Morgan fingerprint density at radius 1 is 1.25 bits per heavy atom. The first kappa shape index (κ1) is 15.8. The van der Waals surface area contributed by atoms with Gasteiger partial charge in [-0.2, -0.15) is 0 Å². The summed E-state index contributed by atoms with van der Waals surface area (Å²) in [5, 5.41) is 21.8. The third-order valence-corrected chi connectivity index (χ3v) is 2.06. The maximum Gasteiger partial charge on any atom is 0.0897 e. The smallest absolute Gasteiger partial charge is 0.0897 e. The molecule has 3 N–H and O–H groups in total. The van der Waals surface area contributed by atoms with Crippen molar-refractivity contribution < 1.29 is 14.9 Å². The highest BCUT2D eigenvalue weighted by atomic mass is 16.5. The van der Waals surface area contributed by atoms with Gasteiger partial charge in [-0.25, -0.2) is 0 Å². The van der Waals surface area contributed by atoms with E-state index in [4.69, 9.17) is 9.84 Å². The predicted molar refractivity (Wildman–Crippen MR) is 65.5 cm³/mol. The maximum absolute atomic E-state index is 9.58. The van der Waals surface area contributed by atoms with Gasteiger partial charge in [0, 0.05) is 6.54 Å². The fourth-order valence-corrected chi connectivity index (χ4v) is 1.20. The molecule has 0 bridgehead atoms. The van der Waals surface area contributed by atoms with Crippen molar-refractivity contribution in [3.05, 3.63) is 0 Å². The maximum atomic E-state index is 9.58. The van der Waals surface area contributed by atoms with Gasteiger partial charge in [0.1, 0.15) is 0 Å². The highest BCUT2D eigenvalue weighted by Gasteiger charge is 2.13. The Morgan fingerprint density at radius 2 is 1.88 bits per heavy atom. The normalized spacial score (nSPS) is 16.1. The van der Waals surface area contributed by atoms with Crippen molar-refractivity contribution in [1.82, 2.24) is 5.32 Å². The Bertz CT molecular complexity index is 166. The van der Waals surface area contributed by atoms with Gasteiger partial charge >= 0.3 is 0 Å². The standard InChI is InChI=1S/C12H27NO3/c1-10(14)6-5-7-13-8-11(15)9-16-12(2,3)4/h10-11,13-15H,5-9H2,1-4H3. The summed E-state index contributed by atoms with van der Waals surface area (Å²) < 4.78 is 5.46. The number of ether oxygens (including phenoxy) is 1. The molecule has 0 amide bonds. The lowest BCUT2D eigenvalue weighted by Gasteiger charge is -2.22. The summed E-state index contributed by atoms with van der Waals surface area (Å²) in [5.41, 5.74) is -0.201. The van der Waals surface area contributed by atoms with E-state index >= 15 is 0 Å². The Balaban J connectivity index is 3.34. The SMILES string of the molecule is CC(O)CCCNCC(O)COC(C)(C)C. The molecule has 0 aromatic carbocycles. The second-order valence-electron chi connectivity index (χ2n) is 5.27. The topological polar surface area (TPSA) is 61.7 Å². The zero-order valence-corrected chi connectivity index (χ0v) is 11.0. The largest absolute Gasteiger partial charge is 0.393 e. The van der Waals surface area contributed by atoms with Gasteiger partial charge in [0.05, 0.1) is 24.4 Å². The molecule has 4 nitrogen and oxygen atoms in total. The first-order chi connectivity index (χ1) is 7.31. The van der Waals surface area contributed by atoms with E-state index in [0.29, 0.717) is 13.2 Å². The molecule has 0 aliphatic carbocycles. The summed E-state index contributed by atoms with van der Waals surface area (Å²) in [6.07, 6.45) is 1.01. The van der Waals surface area contributed by atoms with E-state index in [1.165, 1.54) is 0 Å². The van der Waals surface area contributed by atoms with Crippen LogP contribution in [-0.2, 0) is 4.74 Å². The van der Waals surface area contributed by atoms with Crippen molar-refractivity contribution in [3.8, 4) is 0 Å². The molecule has 0 fully saturated rings. The van der Waals surface area contributed by atoms with Crippen LogP contribution in [-0.4, -0.2) is 47.7 Å². The lowest BCUT2D eigenvalue weighted by Crippen LogP contribution is -2.34. The van der Waals surface area contributed by atoms with Gasteiger partial charge in [-0.3, -0.25) is 0 Å². The molecule has 0 saturated heterocycles. The van der Waals surface area contributed by atoms with E-state index < -0.39 is 6.10 Å². The molecule has 0 aromatic rings. The zero-order valence-electron chi connectivity index (χ0n) is 11.0. The van der Waals surface area contributed by atoms with Gasteiger partial charge in [0.25, 0.3) is 0 Å². The number of hydrogen-bond acceptors (Lipinski definition) is 4. The van der Waals surface area contributed by atoms with Crippen molar-refractivity contribution in [2.75, 3.05) is 19.7 Å². The summed E-state index contributed by atoms with van der Waals surface area (Å²) >= 11 is 0. The monoisotopic (exact) mass is 233 g/mol. The lowest BCUT2D eigenvalue weighted by molar-refractivity contribution is -0.0478. The number of nitrogens with one attached hydrogen (secondary N) is 1. The van der Waals surface area contributed by atoms with Gasteiger partial charge in [-0.05, 0) is 47.1 Å². The van der Waals surface area contributed by atoms with Crippen LogP contribution in [0.5, 0.6) is 0 Å². The molecule has 0 spiro atoms. The Labute approximate surface area is 99.0 Å². The van der Waals surface area contributed by atoms with E-state index in [9.17, 15) is 5.11 Å². The average Bonchev–Trinajstić information content (AvgIpc) is 2.12. The minimum absolute atomic E-state index is 0.201. The van der Waals surface area contributed by atoms with Crippen molar-refractivity contribution in [2.24, 2.45) is 0 Å². The van der Waals surface area contributed by atoms with Crippen LogP contribution in [0.2, 0.25) is 0 Å². The van der Waals surface area contributed by atoms with Crippen LogP contribution < -0.4 is 5.32 Å². The lowest BCUT2D eigenvalue weighted by atomic mass is 10.2. The van der Waals surface area contributed by atoms with E-state index in [0.717, 1.165) is 19.4 Å². The van der Waals surface area contributed by atoms with Crippen LogP contribution >= 0.6 is 0 Å². The molecular formula is C12H27NO3. The second-order valence-corrected chi connectivity index (χ2v) is 5.27. The Hall–Kier alpha value is -0.160. The van der Waals surface area contributed by atoms with E-state index in [1.54, 1.807) is 6.92 Å². The third kappa shape index (κ3) is 11.9. The average molecular weight is 233 g/mol. The number of aliphatic hydroxyl groups excluding tert-OH is 2. The van der Waals surface area contributed by atoms with Gasteiger partial charge in [-0.1, -0.05) is 0 Å². The molecule has 16 heavy (non-hydrogen) atoms. The van der Waals surface area contributed by atoms with Crippen LogP contribution in [0.3, 0.4) is 0 Å². The van der Waals surface area contributed by atoms with E-state index in [2.05, 4.69) is 5.32 Å². The minimum Gasteiger partial charge on any atom is -0.393 e. The van der Waals surface area contributed by atoms with Crippen LogP contribution in [0, 0.1) is 0 Å². The molecule has 0 rings (SSSR count). The van der Waals surface area contributed by atoms with E-state index in [1.807, 2.05) is 20.8 Å². The Kier molecular flexibility index (Phi) is 7.93. The molecule has 0 aliphatic heterocycles. The van der Waals surface area contributed by atoms with Crippen molar-refractivity contribution >= 4 is 0 Å². The fraction of sp³-hybridized carbons (Fsp3) is 1.00. The summed E-state index contributed by atoms with van der Waals surface area (Å²) in [7, 11) is 0. The highest BCUT2D eigenvalue weighted by Crippen LogP contribution is 2.06. The molecule has 0 radical (unpaired) electrons. The second kappa shape index (κ2) is 8.01. The van der Waals surface area contributed by atoms with Crippen molar-refractivity contribution in [3.63, 3.8) is 0 Å². The summed E-state index contributed by atoms with van der Waals surface area (Å²) in [5.74, 6) is 0. The molecule has 98 valence electrons. The number of aliphatic hydroxyl groups is 2. The van der Waals surface area contributed by atoms with Crippen molar-refractivity contribution in [2.45, 2.75) is 58.3 Å².